The normalized spacial score (nSPS) is 27.9. The molecule has 0 amide bonds. The molecule has 2 fully saturated rings. The molecule has 0 aromatic rings. The summed E-state index contributed by atoms with van der Waals surface area (Å²) < 4.78 is 15.9. The zero-order chi connectivity index (χ0) is 14.3. The van der Waals surface area contributed by atoms with Gasteiger partial charge in [0.05, 0.1) is 33.0 Å². The standard InChI is InChI=1S/C15H30N2O3/c1-15(14-3-4-14)13-17(6-5-16-15)7-8-19-11-12-20-10-9-18-2/h14,16H,3-13H2,1-2H3. The van der Waals surface area contributed by atoms with E-state index in [1.165, 1.54) is 12.8 Å². The van der Waals surface area contributed by atoms with Crippen molar-refractivity contribution < 1.29 is 14.2 Å². The molecule has 1 saturated carbocycles. The van der Waals surface area contributed by atoms with Crippen LogP contribution in [0, 0.1) is 5.92 Å². The van der Waals surface area contributed by atoms with E-state index in [2.05, 4.69) is 17.1 Å². The fraction of sp³-hybridized carbons (Fsp3) is 1.00. The molecular formula is C15H30N2O3. The molecule has 5 heteroatoms. The van der Waals surface area contributed by atoms with Gasteiger partial charge in [-0.05, 0) is 25.7 Å². The number of nitrogens with one attached hydrogen (secondary N) is 1. The van der Waals surface area contributed by atoms with Crippen LogP contribution in [-0.2, 0) is 14.2 Å². The quantitative estimate of drug-likeness (QED) is 0.600. The van der Waals surface area contributed by atoms with Gasteiger partial charge in [0, 0.05) is 38.8 Å². The largest absolute Gasteiger partial charge is 0.382 e. The van der Waals surface area contributed by atoms with Crippen molar-refractivity contribution in [1.29, 1.82) is 0 Å². The molecule has 0 aromatic carbocycles. The maximum Gasteiger partial charge on any atom is 0.0701 e. The molecule has 0 radical (unpaired) electrons. The summed E-state index contributed by atoms with van der Waals surface area (Å²) in [5.74, 6) is 0.889. The Morgan fingerprint density at radius 1 is 1.10 bits per heavy atom. The van der Waals surface area contributed by atoms with Crippen LogP contribution in [0.5, 0.6) is 0 Å². The van der Waals surface area contributed by atoms with Gasteiger partial charge in [-0.2, -0.15) is 0 Å². The highest BCUT2D eigenvalue weighted by molar-refractivity contribution is 5.01. The van der Waals surface area contributed by atoms with E-state index >= 15 is 0 Å². The predicted molar refractivity (Wildman–Crippen MR) is 79.1 cm³/mol. The highest BCUT2D eigenvalue weighted by atomic mass is 16.5. The summed E-state index contributed by atoms with van der Waals surface area (Å²) >= 11 is 0. The van der Waals surface area contributed by atoms with Crippen molar-refractivity contribution in [3.8, 4) is 0 Å². The van der Waals surface area contributed by atoms with Crippen molar-refractivity contribution >= 4 is 0 Å². The first kappa shape index (κ1) is 16.2. The molecule has 1 aliphatic carbocycles. The van der Waals surface area contributed by atoms with Crippen LogP contribution in [0.2, 0.25) is 0 Å². The third-order valence-electron chi connectivity index (χ3n) is 4.34. The first-order valence-electron chi connectivity index (χ1n) is 7.86. The van der Waals surface area contributed by atoms with Gasteiger partial charge in [-0.15, -0.1) is 0 Å². The van der Waals surface area contributed by atoms with Gasteiger partial charge in [0.25, 0.3) is 0 Å². The van der Waals surface area contributed by atoms with E-state index in [-0.39, 0.29) is 0 Å². The molecule has 118 valence electrons. The Hall–Kier alpha value is -0.200. The first-order valence-corrected chi connectivity index (χ1v) is 7.86. The Morgan fingerprint density at radius 2 is 1.80 bits per heavy atom. The topological polar surface area (TPSA) is 43.0 Å². The summed E-state index contributed by atoms with van der Waals surface area (Å²) in [6.45, 7) is 10.2. The summed E-state index contributed by atoms with van der Waals surface area (Å²) in [6.07, 6.45) is 2.79. The monoisotopic (exact) mass is 286 g/mol. The van der Waals surface area contributed by atoms with E-state index in [0.29, 0.717) is 32.0 Å². The number of methoxy groups -OCH3 is 1. The lowest BCUT2D eigenvalue weighted by Gasteiger charge is -2.42. The number of ether oxygens (including phenoxy) is 3. The molecule has 1 saturated heterocycles. The second kappa shape index (κ2) is 8.29. The van der Waals surface area contributed by atoms with Gasteiger partial charge in [-0.3, -0.25) is 4.90 Å². The van der Waals surface area contributed by atoms with Gasteiger partial charge in [-0.25, -0.2) is 0 Å². The number of hydrogen-bond acceptors (Lipinski definition) is 5. The Morgan fingerprint density at radius 3 is 2.50 bits per heavy atom. The fourth-order valence-electron chi connectivity index (χ4n) is 2.94. The smallest absolute Gasteiger partial charge is 0.0701 e. The van der Waals surface area contributed by atoms with Crippen LogP contribution < -0.4 is 5.32 Å². The van der Waals surface area contributed by atoms with Crippen LogP contribution in [0.25, 0.3) is 0 Å². The van der Waals surface area contributed by atoms with Crippen LogP contribution in [-0.4, -0.2) is 76.8 Å². The molecule has 1 aliphatic heterocycles. The summed E-state index contributed by atoms with van der Waals surface area (Å²) in [4.78, 5) is 2.53. The average Bonchev–Trinajstić information content (AvgIpc) is 3.27. The van der Waals surface area contributed by atoms with Crippen LogP contribution in [0.1, 0.15) is 19.8 Å². The van der Waals surface area contributed by atoms with Crippen LogP contribution in [0.15, 0.2) is 0 Å². The Kier molecular flexibility index (Phi) is 6.71. The van der Waals surface area contributed by atoms with Gasteiger partial charge in [0.2, 0.25) is 0 Å². The molecule has 1 heterocycles. The number of rotatable bonds is 10. The van der Waals surface area contributed by atoms with E-state index in [1.807, 2.05) is 0 Å². The molecule has 1 unspecified atom stereocenters. The van der Waals surface area contributed by atoms with Crippen molar-refractivity contribution in [2.75, 3.05) is 66.3 Å². The molecule has 1 N–H and O–H groups in total. The first-order chi connectivity index (χ1) is 9.74. The zero-order valence-corrected chi connectivity index (χ0v) is 13.0. The lowest BCUT2D eigenvalue weighted by Crippen LogP contribution is -2.60. The highest BCUT2D eigenvalue weighted by Crippen LogP contribution is 2.40. The van der Waals surface area contributed by atoms with Crippen molar-refractivity contribution in [3.05, 3.63) is 0 Å². The van der Waals surface area contributed by atoms with E-state index < -0.39 is 0 Å². The lowest BCUT2D eigenvalue weighted by atomic mass is 9.93. The van der Waals surface area contributed by atoms with Gasteiger partial charge in [0.1, 0.15) is 0 Å². The van der Waals surface area contributed by atoms with Crippen LogP contribution >= 0.6 is 0 Å². The van der Waals surface area contributed by atoms with Crippen molar-refractivity contribution in [2.24, 2.45) is 5.92 Å². The fourth-order valence-corrected chi connectivity index (χ4v) is 2.94. The Bertz CT molecular complexity index is 274. The second-order valence-electron chi connectivity index (χ2n) is 6.11. The van der Waals surface area contributed by atoms with Crippen molar-refractivity contribution in [1.82, 2.24) is 10.2 Å². The second-order valence-corrected chi connectivity index (χ2v) is 6.11. The molecule has 20 heavy (non-hydrogen) atoms. The third-order valence-corrected chi connectivity index (χ3v) is 4.34. The Balaban J connectivity index is 1.49. The minimum absolute atomic E-state index is 0.335. The summed E-state index contributed by atoms with van der Waals surface area (Å²) in [6, 6.07) is 0. The molecule has 2 rings (SSSR count). The third kappa shape index (κ3) is 5.30. The van der Waals surface area contributed by atoms with E-state index in [4.69, 9.17) is 14.2 Å². The maximum atomic E-state index is 5.63. The van der Waals surface area contributed by atoms with Crippen LogP contribution in [0.4, 0.5) is 0 Å². The highest BCUT2D eigenvalue weighted by Gasteiger charge is 2.43. The molecular weight excluding hydrogens is 256 g/mol. The zero-order valence-electron chi connectivity index (χ0n) is 13.0. The maximum absolute atomic E-state index is 5.63. The van der Waals surface area contributed by atoms with Gasteiger partial charge in [0.15, 0.2) is 0 Å². The minimum Gasteiger partial charge on any atom is -0.382 e. The summed E-state index contributed by atoms with van der Waals surface area (Å²) in [5, 5.41) is 3.70. The van der Waals surface area contributed by atoms with Gasteiger partial charge in [-0.1, -0.05) is 0 Å². The number of piperazine rings is 1. The van der Waals surface area contributed by atoms with Gasteiger partial charge >= 0.3 is 0 Å². The summed E-state index contributed by atoms with van der Waals surface area (Å²) in [7, 11) is 1.68. The molecule has 0 spiro atoms. The van der Waals surface area contributed by atoms with Crippen LogP contribution in [0.3, 0.4) is 0 Å². The van der Waals surface area contributed by atoms with Gasteiger partial charge < -0.3 is 19.5 Å². The van der Waals surface area contributed by atoms with Crippen molar-refractivity contribution in [2.45, 2.75) is 25.3 Å². The molecule has 5 nitrogen and oxygen atoms in total. The Labute approximate surface area is 122 Å². The molecule has 2 aliphatic rings. The lowest BCUT2D eigenvalue weighted by molar-refractivity contribution is 0.0147. The minimum atomic E-state index is 0.335. The molecule has 0 aromatic heterocycles. The molecule has 1 atom stereocenters. The average molecular weight is 286 g/mol. The predicted octanol–water partition coefficient (Wildman–Crippen LogP) is 0.740. The SMILES string of the molecule is COCCOCCOCCN1CCNC(C)(C2CC2)C1. The van der Waals surface area contributed by atoms with E-state index in [9.17, 15) is 0 Å². The summed E-state index contributed by atoms with van der Waals surface area (Å²) in [5.41, 5.74) is 0.335. The number of nitrogens with zero attached hydrogens (tertiary/aromatic N) is 1. The van der Waals surface area contributed by atoms with Crippen molar-refractivity contribution in [3.63, 3.8) is 0 Å². The number of hydrogen-bond donors (Lipinski definition) is 1. The van der Waals surface area contributed by atoms with E-state index in [0.717, 1.165) is 38.7 Å². The van der Waals surface area contributed by atoms with E-state index in [1.54, 1.807) is 7.11 Å². The molecule has 0 bridgehead atoms.